The SMILES string of the molecule is CCCCC(CC)Cc1sc2c(Br)sc(Br)c2c1F. The molecule has 0 saturated heterocycles. The lowest BCUT2D eigenvalue weighted by molar-refractivity contribution is 0.445. The van der Waals surface area contributed by atoms with E-state index in [1.165, 1.54) is 19.3 Å². The van der Waals surface area contributed by atoms with Gasteiger partial charge in [-0.15, -0.1) is 22.7 Å². The Hall–Kier alpha value is 0.550. The van der Waals surface area contributed by atoms with Gasteiger partial charge in [0.15, 0.2) is 0 Å². The monoisotopic (exact) mass is 426 g/mol. The predicted octanol–water partition coefficient (Wildman–Crippen LogP) is 7.39. The highest BCUT2D eigenvalue weighted by Gasteiger charge is 2.21. The summed E-state index contributed by atoms with van der Waals surface area (Å²) >= 11 is 10.1. The molecule has 0 aliphatic carbocycles. The lowest BCUT2D eigenvalue weighted by Crippen LogP contribution is -2.03. The molecule has 0 aromatic carbocycles. The molecule has 2 rings (SSSR count). The molecule has 0 fully saturated rings. The van der Waals surface area contributed by atoms with Gasteiger partial charge in [-0.3, -0.25) is 0 Å². The van der Waals surface area contributed by atoms with Crippen molar-refractivity contribution in [3.05, 3.63) is 18.3 Å². The van der Waals surface area contributed by atoms with E-state index >= 15 is 0 Å². The van der Waals surface area contributed by atoms with Crippen LogP contribution >= 0.6 is 54.5 Å². The Kier molecular flexibility index (Phi) is 5.88. The van der Waals surface area contributed by atoms with Gasteiger partial charge < -0.3 is 0 Å². The van der Waals surface area contributed by atoms with Crippen molar-refractivity contribution >= 4 is 64.6 Å². The van der Waals surface area contributed by atoms with Crippen molar-refractivity contribution in [2.24, 2.45) is 5.92 Å². The molecule has 2 heterocycles. The summed E-state index contributed by atoms with van der Waals surface area (Å²) in [6.07, 6.45) is 5.68. The largest absolute Gasteiger partial charge is 0.205 e. The lowest BCUT2D eigenvalue weighted by atomic mass is 9.95. The van der Waals surface area contributed by atoms with E-state index in [1.807, 2.05) is 0 Å². The van der Waals surface area contributed by atoms with Crippen LogP contribution in [0.2, 0.25) is 0 Å². The van der Waals surface area contributed by atoms with E-state index < -0.39 is 0 Å². The van der Waals surface area contributed by atoms with E-state index in [4.69, 9.17) is 0 Å². The predicted molar refractivity (Wildman–Crippen MR) is 92.1 cm³/mol. The molecule has 0 bridgehead atoms. The maximum Gasteiger partial charge on any atom is 0.146 e. The highest BCUT2D eigenvalue weighted by Crippen LogP contribution is 2.46. The summed E-state index contributed by atoms with van der Waals surface area (Å²) in [7, 11) is 0. The first kappa shape index (κ1) is 15.9. The average molecular weight is 428 g/mol. The maximum atomic E-state index is 14.5. The molecule has 0 saturated carbocycles. The van der Waals surface area contributed by atoms with Crippen LogP contribution in [0.5, 0.6) is 0 Å². The quantitative estimate of drug-likeness (QED) is 0.450. The zero-order chi connectivity index (χ0) is 14.0. The zero-order valence-corrected chi connectivity index (χ0v) is 15.9. The standard InChI is InChI=1S/C14H17Br2FS2/c1-3-5-6-8(4-2)7-9-11(17)10-12(18-9)14(16)19-13(10)15/h8H,3-7H2,1-2H3. The number of fused-ring (bicyclic) bond motifs is 1. The number of rotatable bonds is 6. The minimum Gasteiger partial charge on any atom is -0.205 e. The second kappa shape index (κ2) is 7.01. The molecule has 5 heteroatoms. The van der Waals surface area contributed by atoms with Crippen molar-refractivity contribution in [1.82, 2.24) is 0 Å². The molecule has 0 radical (unpaired) electrons. The minimum absolute atomic E-state index is 0.0104. The average Bonchev–Trinajstić information content (AvgIpc) is 2.85. The molecule has 19 heavy (non-hydrogen) atoms. The fraction of sp³-hybridized carbons (Fsp3) is 0.571. The van der Waals surface area contributed by atoms with Gasteiger partial charge in [0.1, 0.15) is 5.82 Å². The van der Waals surface area contributed by atoms with Crippen molar-refractivity contribution < 1.29 is 4.39 Å². The Labute approximate surface area is 138 Å². The molecule has 1 unspecified atom stereocenters. The van der Waals surface area contributed by atoms with Crippen molar-refractivity contribution in [2.45, 2.75) is 46.0 Å². The van der Waals surface area contributed by atoms with Crippen LogP contribution in [0.3, 0.4) is 0 Å². The molecule has 2 aromatic rings. The molecule has 0 N–H and O–H groups in total. The topological polar surface area (TPSA) is 0 Å². The summed E-state index contributed by atoms with van der Waals surface area (Å²) in [5, 5.41) is 0.766. The number of thiophene rings is 2. The molecule has 0 spiro atoms. The Bertz CT molecular complexity index is 559. The minimum atomic E-state index is -0.0104. The third-order valence-corrected chi connectivity index (χ3v) is 7.62. The van der Waals surface area contributed by atoms with Gasteiger partial charge in [0.25, 0.3) is 0 Å². The summed E-state index contributed by atoms with van der Waals surface area (Å²) in [6.45, 7) is 4.42. The maximum absolute atomic E-state index is 14.5. The summed E-state index contributed by atoms with van der Waals surface area (Å²) in [4.78, 5) is 0.919. The fourth-order valence-electron chi connectivity index (χ4n) is 2.28. The van der Waals surface area contributed by atoms with Crippen LogP contribution in [0.25, 0.3) is 10.1 Å². The Morgan fingerprint density at radius 1 is 1.16 bits per heavy atom. The van der Waals surface area contributed by atoms with Crippen LogP contribution in [-0.4, -0.2) is 0 Å². The van der Waals surface area contributed by atoms with E-state index in [9.17, 15) is 4.39 Å². The zero-order valence-electron chi connectivity index (χ0n) is 11.1. The Balaban J connectivity index is 2.25. The van der Waals surface area contributed by atoms with E-state index in [0.717, 1.165) is 35.4 Å². The van der Waals surface area contributed by atoms with E-state index in [0.29, 0.717) is 5.92 Å². The normalized spacial score (nSPS) is 13.3. The van der Waals surface area contributed by atoms with Gasteiger partial charge in [0, 0.05) is 4.88 Å². The molecule has 0 amide bonds. The van der Waals surface area contributed by atoms with Gasteiger partial charge in [-0.2, -0.15) is 0 Å². The first-order valence-corrected chi connectivity index (χ1v) is 9.84. The van der Waals surface area contributed by atoms with Crippen molar-refractivity contribution in [1.29, 1.82) is 0 Å². The van der Waals surface area contributed by atoms with Crippen molar-refractivity contribution in [3.8, 4) is 0 Å². The molecule has 2 aromatic heterocycles. The summed E-state index contributed by atoms with van der Waals surface area (Å²) in [5.74, 6) is 0.599. The Morgan fingerprint density at radius 3 is 2.47 bits per heavy atom. The first-order valence-electron chi connectivity index (χ1n) is 6.63. The van der Waals surface area contributed by atoms with E-state index in [1.54, 1.807) is 22.7 Å². The van der Waals surface area contributed by atoms with Crippen LogP contribution in [0, 0.1) is 11.7 Å². The van der Waals surface area contributed by atoms with Crippen LogP contribution in [0.1, 0.15) is 44.4 Å². The smallest absolute Gasteiger partial charge is 0.146 e. The van der Waals surface area contributed by atoms with Crippen molar-refractivity contribution in [2.75, 3.05) is 0 Å². The molecule has 0 aliphatic heterocycles. The van der Waals surface area contributed by atoms with Crippen LogP contribution < -0.4 is 0 Å². The highest BCUT2D eigenvalue weighted by atomic mass is 79.9. The van der Waals surface area contributed by atoms with Gasteiger partial charge >= 0.3 is 0 Å². The Morgan fingerprint density at radius 2 is 1.89 bits per heavy atom. The van der Waals surface area contributed by atoms with Crippen LogP contribution in [0.4, 0.5) is 4.39 Å². The second-order valence-corrected chi connectivity index (χ2v) is 9.58. The molecule has 1 atom stereocenters. The highest BCUT2D eigenvalue weighted by molar-refractivity contribution is 9.12. The summed E-state index contributed by atoms with van der Waals surface area (Å²) in [5.41, 5.74) is 0. The number of hydrogen-bond donors (Lipinski definition) is 0. The van der Waals surface area contributed by atoms with Crippen molar-refractivity contribution in [3.63, 3.8) is 0 Å². The van der Waals surface area contributed by atoms with Gasteiger partial charge in [0.05, 0.1) is 17.7 Å². The second-order valence-electron chi connectivity index (χ2n) is 4.81. The summed E-state index contributed by atoms with van der Waals surface area (Å²) < 4.78 is 17.5. The summed E-state index contributed by atoms with van der Waals surface area (Å²) in [6, 6.07) is 0. The fourth-order valence-corrected chi connectivity index (χ4v) is 6.94. The third kappa shape index (κ3) is 3.42. The first-order chi connectivity index (χ1) is 9.08. The number of halogens is 3. The van der Waals surface area contributed by atoms with Crippen LogP contribution in [-0.2, 0) is 6.42 Å². The third-order valence-electron chi connectivity index (χ3n) is 3.49. The molecule has 0 aliphatic rings. The van der Waals surface area contributed by atoms with E-state index in [-0.39, 0.29) is 5.82 Å². The van der Waals surface area contributed by atoms with Gasteiger partial charge in [-0.05, 0) is 44.2 Å². The van der Waals surface area contributed by atoms with Gasteiger partial charge in [-0.1, -0.05) is 39.5 Å². The lowest BCUT2D eigenvalue weighted by Gasteiger charge is -2.13. The molecule has 0 nitrogen and oxygen atoms in total. The number of hydrogen-bond acceptors (Lipinski definition) is 2. The van der Waals surface area contributed by atoms with E-state index in [2.05, 4.69) is 45.7 Å². The number of unbranched alkanes of at least 4 members (excludes halogenated alkanes) is 1. The molecular weight excluding hydrogens is 411 g/mol. The molecule has 106 valence electrons. The molecular formula is C14H17Br2FS2. The van der Waals surface area contributed by atoms with Gasteiger partial charge in [0.2, 0.25) is 0 Å². The van der Waals surface area contributed by atoms with Crippen LogP contribution in [0.15, 0.2) is 7.57 Å². The van der Waals surface area contributed by atoms with Gasteiger partial charge in [-0.25, -0.2) is 4.39 Å².